The molecule has 0 radical (unpaired) electrons. The normalized spacial score (nSPS) is 11.4. The molecule has 76 valence electrons. The molecule has 3 aromatic rings. The second kappa shape index (κ2) is 3.82. The van der Waals surface area contributed by atoms with Crippen LogP contribution in [0.1, 0.15) is 1.37 Å². The summed E-state index contributed by atoms with van der Waals surface area (Å²) in [6.45, 7) is 0. The van der Waals surface area contributed by atoms with Crippen molar-refractivity contribution in [1.82, 2.24) is 0 Å². The lowest BCUT2D eigenvalue weighted by Crippen LogP contribution is -1.77. The predicted octanol–water partition coefficient (Wildman–Crippen LogP) is 4.51. The largest absolute Gasteiger partial charge is 0.0636 e. The van der Waals surface area contributed by atoms with E-state index in [9.17, 15) is 0 Å². The Labute approximate surface area is 96.6 Å². The fourth-order valence-electron chi connectivity index (χ4n) is 1.90. The van der Waals surface area contributed by atoms with Crippen molar-refractivity contribution in [2.24, 2.45) is 0 Å². The number of hydrogen-bond donors (Lipinski definition) is 0. The SMILES string of the molecule is [2H]c1c(-c2ccccc2)ccc2ccccc12. The van der Waals surface area contributed by atoms with Crippen LogP contribution in [0, 0.1) is 0 Å². The van der Waals surface area contributed by atoms with Crippen LogP contribution in [0.3, 0.4) is 0 Å². The molecule has 0 aliphatic heterocycles. The van der Waals surface area contributed by atoms with E-state index in [0.717, 1.165) is 21.9 Å². The lowest BCUT2D eigenvalue weighted by molar-refractivity contribution is 1.64. The summed E-state index contributed by atoms with van der Waals surface area (Å²) in [7, 11) is 0. The third-order valence-corrected chi connectivity index (χ3v) is 2.74. The average molecular weight is 205 g/mol. The zero-order valence-electron chi connectivity index (χ0n) is 9.85. The number of rotatable bonds is 1. The van der Waals surface area contributed by atoms with Crippen LogP contribution in [-0.4, -0.2) is 0 Å². The topological polar surface area (TPSA) is 0 Å². The van der Waals surface area contributed by atoms with Crippen molar-refractivity contribution in [1.29, 1.82) is 0 Å². The van der Waals surface area contributed by atoms with Crippen LogP contribution in [0.5, 0.6) is 0 Å². The molecule has 0 N–H and O–H groups in total. The molecule has 3 aromatic carbocycles. The van der Waals surface area contributed by atoms with E-state index in [-0.39, 0.29) is 0 Å². The third kappa shape index (κ3) is 1.59. The van der Waals surface area contributed by atoms with Gasteiger partial charge in [0.2, 0.25) is 0 Å². The average Bonchev–Trinajstić information content (AvgIpc) is 2.40. The molecular weight excluding hydrogens is 192 g/mol. The van der Waals surface area contributed by atoms with Crippen molar-refractivity contribution < 1.29 is 1.37 Å². The van der Waals surface area contributed by atoms with Gasteiger partial charge in [0, 0.05) is 0 Å². The van der Waals surface area contributed by atoms with Crippen LogP contribution in [0.4, 0.5) is 0 Å². The molecule has 0 saturated heterocycles. The van der Waals surface area contributed by atoms with Crippen molar-refractivity contribution in [2.45, 2.75) is 0 Å². The minimum Gasteiger partial charge on any atom is -0.0622 e. The van der Waals surface area contributed by atoms with Gasteiger partial charge in [-0.3, -0.25) is 0 Å². The maximum absolute atomic E-state index is 8.28. The molecule has 16 heavy (non-hydrogen) atoms. The van der Waals surface area contributed by atoms with Gasteiger partial charge >= 0.3 is 0 Å². The van der Waals surface area contributed by atoms with E-state index in [2.05, 4.69) is 6.07 Å². The van der Waals surface area contributed by atoms with Gasteiger partial charge in [0.15, 0.2) is 0 Å². The highest BCUT2D eigenvalue weighted by Crippen LogP contribution is 2.23. The van der Waals surface area contributed by atoms with Crippen molar-refractivity contribution in [3.8, 4) is 11.1 Å². The fraction of sp³-hybridized carbons (Fsp3) is 0. The van der Waals surface area contributed by atoms with Crippen molar-refractivity contribution in [2.75, 3.05) is 0 Å². The minimum atomic E-state index is 0.606. The molecule has 3 rings (SSSR count). The maximum atomic E-state index is 8.28. The third-order valence-electron chi connectivity index (χ3n) is 2.74. The number of benzene rings is 3. The lowest BCUT2D eigenvalue weighted by atomic mass is 10.0. The number of hydrogen-bond acceptors (Lipinski definition) is 0. The Hall–Kier alpha value is -2.08. The van der Waals surface area contributed by atoms with E-state index in [0.29, 0.717) is 6.04 Å². The zero-order valence-corrected chi connectivity index (χ0v) is 8.85. The molecule has 0 heteroatoms. The van der Waals surface area contributed by atoms with Gasteiger partial charge in [-0.1, -0.05) is 66.7 Å². The Morgan fingerprint density at radius 2 is 1.25 bits per heavy atom. The summed E-state index contributed by atoms with van der Waals surface area (Å²) in [5.41, 5.74) is 2.09. The maximum Gasteiger partial charge on any atom is 0.0636 e. The predicted molar refractivity (Wildman–Crippen MR) is 69.4 cm³/mol. The molecule has 0 aliphatic rings. The Bertz CT molecular complexity index is 657. The van der Waals surface area contributed by atoms with Crippen LogP contribution in [-0.2, 0) is 0 Å². The molecule has 0 spiro atoms. The summed E-state index contributed by atoms with van der Waals surface area (Å²) in [4.78, 5) is 0. The van der Waals surface area contributed by atoms with Gasteiger partial charge in [-0.2, -0.15) is 0 Å². The summed E-state index contributed by atoms with van der Waals surface area (Å²) >= 11 is 0. The monoisotopic (exact) mass is 205 g/mol. The highest BCUT2D eigenvalue weighted by molar-refractivity contribution is 5.87. The molecule has 0 fully saturated rings. The van der Waals surface area contributed by atoms with Gasteiger partial charge in [0.05, 0.1) is 1.37 Å². The first-order chi connectivity index (χ1) is 8.36. The van der Waals surface area contributed by atoms with Crippen LogP contribution in [0.15, 0.2) is 72.8 Å². The summed E-state index contributed by atoms with van der Waals surface area (Å²) in [6.07, 6.45) is 0. The molecule has 0 unspecified atom stereocenters. The Balaban J connectivity index is 2.29. The van der Waals surface area contributed by atoms with Crippen LogP contribution in [0.2, 0.25) is 0 Å². The Kier molecular flexibility index (Phi) is 1.94. The molecule has 0 amide bonds. The van der Waals surface area contributed by atoms with Crippen molar-refractivity contribution in [3.63, 3.8) is 0 Å². The summed E-state index contributed by atoms with van der Waals surface area (Å²) in [5, 5.41) is 2.13. The summed E-state index contributed by atoms with van der Waals surface area (Å²) in [6, 6.07) is 22.8. The van der Waals surface area contributed by atoms with Crippen LogP contribution < -0.4 is 0 Å². The summed E-state index contributed by atoms with van der Waals surface area (Å²) in [5.74, 6) is 0. The first-order valence-corrected chi connectivity index (χ1v) is 5.40. The van der Waals surface area contributed by atoms with Crippen molar-refractivity contribution in [3.05, 3.63) is 72.8 Å². The Morgan fingerprint density at radius 1 is 0.562 bits per heavy atom. The minimum absolute atomic E-state index is 0.606. The molecule has 0 aromatic heterocycles. The van der Waals surface area contributed by atoms with E-state index in [1.807, 2.05) is 60.7 Å². The van der Waals surface area contributed by atoms with E-state index in [1.54, 1.807) is 0 Å². The molecular formula is C16H12. The zero-order chi connectivity index (χ0) is 11.7. The fourth-order valence-corrected chi connectivity index (χ4v) is 1.90. The molecule has 0 heterocycles. The van der Waals surface area contributed by atoms with Gasteiger partial charge in [-0.25, -0.2) is 0 Å². The summed E-state index contributed by atoms with van der Waals surface area (Å²) < 4.78 is 8.28. The number of fused-ring (bicyclic) bond motifs is 1. The lowest BCUT2D eigenvalue weighted by Gasteiger charge is -2.03. The van der Waals surface area contributed by atoms with Crippen LogP contribution >= 0.6 is 0 Å². The first kappa shape index (κ1) is 8.12. The molecule has 0 nitrogen and oxygen atoms in total. The second-order valence-electron chi connectivity index (χ2n) is 3.83. The van der Waals surface area contributed by atoms with E-state index in [1.165, 1.54) is 0 Å². The molecule has 0 atom stereocenters. The van der Waals surface area contributed by atoms with Gasteiger partial charge in [0.25, 0.3) is 0 Å². The van der Waals surface area contributed by atoms with Gasteiger partial charge < -0.3 is 0 Å². The second-order valence-corrected chi connectivity index (χ2v) is 3.83. The first-order valence-electron chi connectivity index (χ1n) is 5.90. The molecule has 0 bridgehead atoms. The quantitative estimate of drug-likeness (QED) is 0.548. The van der Waals surface area contributed by atoms with Crippen molar-refractivity contribution >= 4 is 10.8 Å². The Morgan fingerprint density at radius 3 is 2.06 bits per heavy atom. The van der Waals surface area contributed by atoms with E-state index in [4.69, 9.17) is 1.37 Å². The van der Waals surface area contributed by atoms with E-state index >= 15 is 0 Å². The standard InChI is InChI=1S/C16H12/c1-2-6-13(7-3-1)16-11-10-14-8-4-5-9-15(14)12-16/h1-12H/i12D. The molecule has 0 aliphatic carbocycles. The highest BCUT2D eigenvalue weighted by atomic mass is 14.0. The van der Waals surface area contributed by atoms with Gasteiger partial charge in [-0.15, -0.1) is 0 Å². The van der Waals surface area contributed by atoms with Crippen LogP contribution in [0.25, 0.3) is 21.9 Å². The highest BCUT2D eigenvalue weighted by Gasteiger charge is 1.97. The van der Waals surface area contributed by atoms with E-state index < -0.39 is 0 Å². The van der Waals surface area contributed by atoms with Gasteiger partial charge in [-0.05, 0) is 27.9 Å². The smallest absolute Gasteiger partial charge is 0.0622 e. The molecule has 0 saturated carbocycles. The van der Waals surface area contributed by atoms with Gasteiger partial charge in [0.1, 0.15) is 0 Å².